The number of aliphatic hydroxyl groups is 1. The Morgan fingerprint density at radius 1 is 1.18 bits per heavy atom. The first-order chi connectivity index (χ1) is 10.7. The first-order valence-corrected chi connectivity index (χ1v) is 8.08. The van der Waals surface area contributed by atoms with Crippen molar-refractivity contribution in [3.8, 4) is 0 Å². The van der Waals surface area contributed by atoms with Gasteiger partial charge in [-0.2, -0.15) is 0 Å². The van der Waals surface area contributed by atoms with Crippen LogP contribution in [0.2, 0.25) is 0 Å². The highest BCUT2D eigenvalue weighted by atomic mass is 32.1. The van der Waals surface area contributed by atoms with Crippen LogP contribution in [-0.2, 0) is 19.6 Å². The molecule has 3 aromatic rings. The number of nitrogens with zero attached hydrogens (tertiary/aromatic N) is 3. The molecule has 114 valence electrons. The van der Waals surface area contributed by atoms with Crippen molar-refractivity contribution in [2.45, 2.75) is 33.4 Å². The number of aromatic nitrogens is 3. The number of aliphatic hydroxyl groups excluding tert-OH is 1. The Bertz CT molecular complexity index is 800. The molecule has 0 radical (unpaired) electrons. The SMILES string of the molecule is CCc1cc2c(NCc3cccc(CO)n3)nc(C)nc2s1. The highest BCUT2D eigenvalue weighted by Crippen LogP contribution is 2.29. The summed E-state index contributed by atoms with van der Waals surface area (Å²) in [6, 6.07) is 7.79. The van der Waals surface area contributed by atoms with Crippen molar-refractivity contribution in [1.29, 1.82) is 0 Å². The van der Waals surface area contributed by atoms with Gasteiger partial charge in [0.25, 0.3) is 0 Å². The van der Waals surface area contributed by atoms with E-state index in [-0.39, 0.29) is 6.61 Å². The Morgan fingerprint density at radius 2 is 2.00 bits per heavy atom. The average Bonchev–Trinajstić information content (AvgIpc) is 2.95. The Balaban J connectivity index is 1.87. The molecule has 2 N–H and O–H groups in total. The van der Waals surface area contributed by atoms with Crippen LogP contribution in [-0.4, -0.2) is 20.1 Å². The summed E-state index contributed by atoms with van der Waals surface area (Å²) < 4.78 is 0. The molecule has 6 heteroatoms. The summed E-state index contributed by atoms with van der Waals surface area (Å²) in [6.45, 7) is 4.56. The summed E-state index contributed by atoms with van der Waals surface area (Å²) in [7, 11) is 0. The van der Waals surface area contributed by atoms with Gasteiger partial charge < -0.3 is 10.4 Å². The molecule has 0 saturated heterocycles. The van der Waals surface area contributed by atoms with Gasteiger partial charge in [0.05, 0.1) is 29.9 Å². The third kappa shape index (κ3) is 3.08. The minimum Gasteiger partial charge on any atom is -0.390 e. The number of nitrogens with one attached hydrogen (secondary N) is 1. The fourth-order valence-electron chi connectivity index (χ4n) is 2.28. The van der Waals surface area contributed by atoms with E-state index in [0.717, 1.165) is 34.0 Å². The molecule has 3 heterocycles. The van der Waals surface area contributed by atoms with Gasteiger partial charge in [-0.05, 0) is 31.5 Å². The second-order valence-electron chi connectivity index (χ2n) is 5.04. The first-order valence-electron chi connectivity index (χ1n) is 7.26. The van der Waals surface area contributed by atoms with Crippen LogP contribution < -0.4 is 5.32 Å². The molecule has 0 bridgehead atoms. The Morgan fingerprint density at radius 3 is 2.77 bits per heavy atom. The number of hydrogen-bond donors (Lipinski definition) is 2. The van der Waals surface area contributed by atoms with Crippen molar-refractivity contribution < 1.29 is 5.11 Å². The van der Waals surface area contributed by atoms with Crippen molar-refractivity contribution in [3.05, 3.63) is 46.4 Å². The molecular formula is C16H18N4OS. The number of fused-ring (bicyclic) bond motifs is 1. The van der Waals surface area contributed by atoms with E-state index < -0.39 is 0 Å². The van der Waals surface area contributed by atoms with Gasteiger partial charge in [-0.3, -0.25) is 4.98 Å². The molecule has 22 heavy (non-hydrogen) atoms. The van der Waals surface area contributed by atoms with Gasteiger partial charge >= 0.3 is 0 Å². The summed E-state index contributed by atoms with van der Waals surface area (Å²) in [4.78, 5) is 15.7. The van der Waals surface area contributed by atoms with E-state index in [2.05, 4.69) is 33.3 Å². The number of anilines is 1. The van der Waals surface area contributed by atoms with Crippen molar-refractivity contribution in [2.24, 2.45) is 0 Å². The Labute approximate surface area is 133 Å². The van der Waals surface area contributed by atoms with Gasteiger partial charge in [0, 0.05) is 4.88 Å². The molecule has 0 atom stereocenters. The van der Waals surface area contributed by atoms with Crippen molar-refractivity contribution >= 4 is 27.4 Å². The highest BCUT2D eigenvalue weighted by Gasteiger charge is 2.10. The van der Waals surface area contributed by atoms with E-state index in [4.69, 9.17) is 5.11 Å². The van der Waals surface area contributed by atoms with E-state index in [1.165, 1.54) is 4.88 Å². The van der Waals surface area contributed by atoms with Crippen LogP contribution in [0.5, 0.6) is 0 Å². The quantitative estimate of drug-likeness (QED) is 0.757. The lowest BCUT2D eigenvalue weighted by Gasteiger charge is -2.08. The van der Waals surface area contributed by atoms with Crippen LogP contribution in [0.4, 0.5) is 5.82 Å². The van der Waals surface area contributed by atoms with Crippen molar-refractivity contribution in [2.75, 3.05) is 5.32 Å². The summed E-state index contributed by atoms with van der Waals surface area (Å²) >= 11 is 1.71. The summed E-state index contributed by atoms with van der Waals surface area (Å²) in [5, 5.41) is 13.6. The average molecular weight is 314 g/mol. The topological polar surface area (TPSA) is 70.9 Å². The molecule has 0 aliphatic carbocycles. The molecule has 0 amide bonds. The number of rotatable bonds is 5. The zero-order valence-electron chi connectivity index (χ0n) is 12.6. The summed E-state index contributed by atoms with van der Waals surface area (Å²) in [6.07, 6.45) is 1.000. The molecule has 3 aromatic heterocycles. The summed E-state index contributed by atoms with van der Waals surface area (Å²) in [5.74, 6) is 1.60. The lowest BCUT2D eigenvalue weighted by atomic mass is 10.3. The van der Waals surface area contributed by atoms with Crippen LogP contribution >= 0.6 is 11.3 Å². The number of hydrogen-bond acceptors (Lipinski definition) is 6. The van der Waals surface area contributed by atoms with Crippen LogP contribution in [0.1, 0.15) is 29.0 Å². The maximum absolute atomic E-state index is 9.15. The van der Waals surface area contributed by atoms with E-state index in [0.29, 0.717) is 12.2 Å². The van der Waals surface area contributed by atoms with Gasteiger partial charge in [0.15, 0.2) is 0 Å². The first kappa shape index (κ1) is 14.9. The maximum Gasteiger partial charge on any atom is 0.138 e. The molecular weight excluding hydrogens is 296 g/mol. The molecule has 0 fully saturated rings. The van der Waals surface area contributed by atoms with Crippen molar-refractivity contribution in [3.63, 3.8) is 0 Å². The standard InChI is InChI=1S/C16H18N4OS/c1-3-13-7-14-15(18-10(2)19-16(14)22-13)17-8-11-5-4-6-12(9-21)20-11/h4-7,21H,3,8-9H2,1-2H3,(H,17,18,19). The lowest BCUT2D eigenvalue weighted by Crippen LogP contribution is -2.06. The molecule has 0 aliphatic rings. The molecule has 0 unspecified atom stereocenters. The number of aryl methyl sites for hydroxylation is 2. The third-order valence-electron chi connectivity index (χ3n) is 3.37. The van der Waals surface area contributed by atoms with Crippen molar-refractivity contribution in [1.82, 2.24) is 15.0 Å². The maximum atomic E-state index is 9.15. The van der Waals surface area contributed by atoms with Gasteiger partial charge in [0.1, 0.15) is 16.5 Å². The monoisotopic (exact) mass is 314 g/mol. The molecule has 0 spiro atoms. The zero-order valence-corrected chi connectivity index (χ0v) is 13.4. The predicted octanol–water partition coefficient (Wildman–Crippen LogP) is 3.06. The summed E-state index contributed by atoms with van der Waals surface area (Å²) in [5.41, 5.74) is 1.55. The minimum absolute atomic E-state index is 0.0465. The van der Waals surface area contributed by atoms with Gasteiger partial charge in [-0.1, -0.05) is 13.0 Å². The second kappa shape index (κ2) is 6.37. The van der Waals surface area contributed by atoms with Gasteiger partial charge in [-0.15, -0.1) is 11.3 Å². The zero-order chi connectivity index (χ0) is 15.5. The van der Waals surface area contributed by atoms with E-state index in [1.807, 2.05) is 25.1 Å². The van der Waals surface area contributed by atoms with Crippen LogP contribution in [0.25, 0.3) is 10.2 Å². The van der Waals surface area contributed by atoms with E-state index in [9.17, 15) is 0 Å². The van der Waals surface area contributed by atoms with Gasteiger partial charge in [0.2, 0.25) is 0 Å². The molecule has 5 nitrogen and oxygen atoms in total. The fourth-order valence-corrected chi connectivity index (χ4v) is 3.29. The fraction of sp³-hybridized carbons (Fsp3) is 0.312. The molecule has 0 saturated carbocycles. The smallest absolute Gasteiger partial charge is 0.138 e. The molecule has 3 rings (SSSR count). The van der Waals surface area contributed by atoms with Crippen LogP contribution in [0.15, 0.2) is 24.3 Å². The van der Waals surface area contributed by atoms with Gasteiger partial charge in [-0.25, -0.2) is 9.97 Å². The normalized spacial score (nSPS) is 11.0. The molecule has 0 aromatic carbocycles. The second-order valence-corrected chi connectivity index (χ2v) is 6.15. The minimum atomic E-state index is -0.0465. The van der Waals surface area contributed by atoms with Crippen LogP contribution in [0.3, 0.4) is 0 Å². The largest absolute Gasteiger partial charge is 0.390 e. The highest BCUT2D eigenvalue weighted by molar-refractivity contribution is 7.18. The predicted molar refractivity (Wildman–Crippen MR) is 89.0 cm³/mol. The number of thiophene rings is 1. The van der Waals surface area contributed by atoms with E-state index in [1.54, 1.807) is 11.3 Å². The van der Waals surface area contributed by atoms with E-state index >= 15 is 0 Å². The Kier molecular flexibility index (Phi) is 4.31. The molecule has 0 aliphatic heterocycles. The number of pyridine rings is 1. The third-order valence-corrected chi connectivity index (χ3v) is 4.54. The lowest BCUT2D eigenvalue weighted by molar-refractivity contribution is 0.276. The Hall–Kier alpha value is -2.05. The van der Waals surface area contributed by atoms with Crippen LogP contribution in [0, 0.1) is 6.92 Å².